The molecule has 0 radical (unpaired) electrons. The summed E-state index contributed by atoms with van der Waals surface area (Å²) in [4.78, 5) is 16.3. The van der Waals surface area contributed by atoms with Crippen molar-refractivity contribution in [1.29, 1.82) is 0 Å². The summed E-state index contributed by atoms with van der Waals surface area (Å²) in [6.45, 7) is 5.71. The highest BCUT2D eigenvalue weighted by atomic mass is 35.5. The van der Waals surface area contributed by atoms with Gasteiger partial charge in [0.2, 0.25) is 0 Å². The van der Waals surface area contributed by atoms with E-state index < -0.39 is 0 Å². The Labute approximate surface area is 123 Å². The van der Waals surface area contributed by atoms with Gasteiger partial charge in [0.25, 0.3) is 5.91 Å². The van der Waals surface area contributed by atoms with E-state index in [-0.39, 0.29) is 11.9 Å². The first-order valence-corrected chi connectivity index (χ1v) is 6.69. The predicted octanol–water partition coefficient (Wildman–Crippen LogP) is 2.58. The SMILES string of the molecule is Cc1cc(Cl)c(C(=O)NC(C)c2cnn(C)c2C)cn1. The lowest BCUT2D eigenvalue weighted by molar-refractivity contribution is 0.0939. The fraction of sp³-hybridized carbons (Fsp3) is 0.357. The Balaban J connectivity index is 2.17. The summed E-state index contributed by atoms with van der Waals surface area (Å²) in [6.07, 6.45) is 3.26. The molecule has 0 aliphatic heterocycles. The quantitative estimate of drug-likeness (QED) is 0.946. The Hall–Kier alpha value is -1.88. The molecule has 1 unspecified atom stereocenters. The maximum absolute atomic E-state index is 12.2. The van der Waals surface area contributed by atoms with Crippen LogP contribution in [-0.2, 0) is 7.05 Å². The average Bonchev–Trinajstić information content (AvgIpc) is 2.69. The van der Waals surface area contributed by atoms with Gasteiger partial charge in [0.15, 0.2) is 0 Å². The number of carbonyl (C=O) groups excluding carboxylic acids is 1. The molecule has 6 heteroatoms. The minimum atomic E-state index is -0.238. The van der Waals surface area contributed by atoms with E-state index in [9.17, 15) is 4.79 Å². The topological polar surface area (TPSA) is 59.8 Å². The molecule has 0 saturated heterocycles. The largest absolute Gasteiger partial charge is 0.345 e. The first-order chi connectivity index (χ1) is 9.40. The second-order valence-corrected chi connectivity index (χ2v) is 5.22. The van der Waals surface area contributed by atoms with Crippen LogP contribution in [0.15, 0.2) is 18.5 Å². The molecule has 5 nitrogen and oxygen atoms in total. The van der Waals surface area contributed by atoms with Crippen LogP contribution in [0.25, 0.3) is 0 Å². The molecule has 0 bridgehead atoms. The van der Waals surface area contributed by atoms with E-state index >= 15 is 0 Å². The molecule has 2 rings (SSSR count). The molecule has 0 aliphatic rings. The van der Waals surface area contributed by atoms with Gasteiger partial charge >= 0.3 is 0 Å². The third-order valence-electron chi connectivity index (χ3n) is 3.32. The van der Waals surface area contributed by atoms with Gasteiger partial charge in [-0.2, -0.15) is 5.10 Å². The number of hydrogen-bond acceptors (Lipinski definition) is 3. The maximum Gasteiger partial charge on any atom is 0.254 e. The summed E-state index contributed by atoms with van der Waals surface area (Å²) in [7, 11) is 1.87. The smallest absolute Gasteiger partial charge is 0.254 e. The Morgan fingerprint density at radius 3 is 2.65 bits per heavy atom. The second-order valence-electron chi connectivity index (χ2n) is 4.81. The van der Waals surface area contributed by atoms with E-state index in [1.54, 1.807) is 16.9 Å². The van der Waals surface area contributed by atoms with Crippen LogP contribution in [0.4, 0.5) is 0 Å². The lowest BCUT2D eigenvalue weighted by atomic mass is 10.1. The zero-order chi connectivity index (χ0) is 14.9. The highest BCUT2D eigenvalue weighted by Gasteiger charge is 2.17. The van der Waals surface area contributed by atoms with Crippen LogP contribution in [0.1, 0.15) is 40.3 Å². The molecule has 1 N–H and O–H groups in total. The zero-order valence-electron chi connectivity index (χ0n) is 11.9. The van der Waals surface area contributed by atoms with Crippen molar-refractivity contribution in [3.8, 4) is 0 Å². The van der Waals surface area contributed by atoms with Crippen LogP contribution < -0.4 is 5.32 Å². The maximum atomic E-state index is 12.2. The molecule has 0 spiro atoms. The van der Waals surface area contributed by atoms with Crippen LogP contribution in [0.3, 0.4) is 0 Å². The van der Waals surface area contributed by atoms with Gasteiger partial charge in [-0.1, -0.05) is 11.6 Å². The number of carbonyl (C=O) groups is 1. The van der Waals surface area contributed by atoms with E-state index in [1.165, 1.54) is 6.20 Å². The highest BCUT2D eigenvalue weighted by Crippen LogP contribution is 2.19. The van der Waals surface area contributed by atoms with Gasteiger partial charge < -0.3 is 5.32 Å². The number of nitrogens with zero attached hydrogens (tertiary/aromatic N) is 3. The van der Waals surface area contributed by atoms with Crippen molar-refractivity contribution in [2.45, 2.75) is 26.8 Å². The highest BCUT2D eigenvalue weighted by molar-refractivity contribution is 6.33. The van der Waals surface area contributed by atoms with Gasteiger partial charge in [0, 0.05) is 30.2 Å². The van der Waals surface area contributed by atoms with Crippen LogP contribution in [0.5, 0.6) is 0 Å². The van der Waals surface area contributed by atoms with Crippen molar-refractivity contribution >= 4 is 17.5 Å². The summed E-state index contributed by atoms with van der Waals surface area (Å²) in [5.74, 6) is -0.238. The first-order valence-electron chi connectivity index (χ1n) is 6.31. The molecule has 1 atom stereocenters. The molecule has 0 saturated carbocycles. The summed E-state index contributed by atoms with van der Waals surface area (Å²) < 4.78 is 1.78. The molecule has 2 aromatic heterocycles. The molecule has 0 aliphatic carbocycles. The zero-order valence-corrected chi connectivity index (χ0v) is 12.7. The number of hydrogen-bond donors (Lipinski definition) is 1. The van der Waals surface area contributed by atoms with Gasteiger partial charge in [-0.25, -0.2) is 0 Å². The molecule has 2 heterocycles. The Morgan fingerprint density at radius 2 is 2.10 bits per heavy atom. The minimum absolute atomic E-state index is 0.145. The molecular weight excluding hydrogens is 276 g/mol. The van der Waals surface area contributed by atoms with Crippen LogP contribution in [0.2, 0.25) is 5.02 Å². The van der Waals surface area contributed by atoms with Gasteiger partial charge in [-0.05, 0) is 26.8 Å². The third kappa shape index (κ3) is 2.82. The van der Waals surface area contributed by atoms with Crippen molar-refractivity contribution in [2.75, 3.05) is 0 Å². The van der Waals surface area contributed by atoms with Crippen LogP contribution in [0, 0.1) is 13.8 Å². The number of nitrogens with one attached hydrogen (secondary N) is 1. The summed E-state index contributed by atoms with van der Waals surface area (Å²) in [5.41, 5.74) is 3.16. The van der Waals surface area contributed by atoms with E-state index in [0.29, 0.717) is 10.6 Å². The monoisotopic (exact) mass is 292 g/mol. The summed E-state index contributed by atoms with van der Waals surface area (Å²) in [6, 6.07) is 1.53. The van der Waals surface area contributed by atoms with Crippen molar-refractivity contribution in [1.82, 2.24) is 20.1 Å². The third-order valence-corrected chi connectivity index (χ3v) is 3.63. The first kappa shape index (κ1) is 14.5. The number of halogens is 1. The predicted molar refractivity (Wildman–Crippen MR) is 77.8 cm³/mol. The van der Waals surface area contributed by atoms with Crippen molar-refractivity contribution < 1.29 is 4.79 Å². The normalized spacial score (nSPS) is 12.2. The van der Waals surface area contributed by atoms with Gasteiger partial charge in [0.05, 0.1) is 22.8 Å². The van der Waals surface area contributed by atoms with Crippen LogP contribution in [-0.4, -0.2) is 20.7 Å². The van der Waals surface area contributed by atoms with E-state index in [2.05, 4.69) is 15.4 Å². The summed E-state index contributed by atoms with van der Waals surface area (Å²) >= 11 is 6.07. The fourth-order valence-electron chi connectivity index (χ4n) is 1.99. The average molecular weight is 293 g/mol. The molecule has 2 aromatic rings. The number of aryl methyl sites for hydroxylation is 2. The number of aromatic nitrogens is 3. The number of pyridine rings is 1. The fourth-order valence-corrected chi connectivity index (χ4v) is 2.28. The Bertz CT molecular complexity index is 651. The van der Waals surface area contributed by atoms with Gasteiger partial charge in [-0.3, -0.25) is 14.5 Å². The van der Waals surface area contributed by atoms with Crippen molar-refractivity contribution in [2.24, 2.45) is 7.05 Å². The lowest BCUT2D eigenvalue weighted by Crippen LogP contribution is -2.27. The van der Waals surface area contributed by atoms with Gasteiger partial charge in [-0.15, -0.1) is 0 Å². The number of amides is 1. The molecular formula is C14H17ClN4O. The summed E-state index contributed by atoms with van der Waals surface area (Å²) in [5, 5.41) is 7.49. The Morgan fingerprint density at radius 1 is 1.40 bits per heavy atom. The minimum Gasteiger partial charge on any atom is -0.345 e. The molecule has 0 fully saturated rings. The lowest BCUT2D eigenvalue weighted by Gasteiger charge is -2.14. The molecule has 20 heavy (non-hydrogen) atoms. The van der Waals surface area contributed by atoms with E-state index in [0.717, 1.165) is 17.0 Å². The van der Waals surface area contributed by atoms with Crippen molar-refractivity contribution in [3.63, 3.8) is 0 Å². The van der Waals surface area contributed by atoms with E-state index in [1.807, 2.05) is 27.8 Å². The van der Waals surface area contributed by atoms with E-state index in [4.69, 9.17) is 11.6 Å². The van der Waals surface area contributed by atoms with Gasteiger partial charge in [0.1, 0.15) is 0 Å². The second kappa shape index (κ2) is 5.63. The molecule has 106 valence electrons. The molecule has 0 aromatic carbocycles. The number of rotatable bonds is 3. The standard InChI is InChI=1S/C14H17ClN4O/c1-8-5-13(15)12(6-16-8)14(20)18-9(2)11-7-17-19(4)10(11)3/h5-7,9H,1-4H3,(H,18,20). The van der Waals surface area contributed by atoms with Crippen LogP contribution >= 0.6 is 11.6 Å². The Kier molecular flexibility index (Phi) is 4.09. The molecule has 1 amide bonds. The van der Waals surface area contributed by atoms with Crippen molar-refractivity contribution in [3.05, 3.63) is 46.0 Å².